The van der Waals surface area contributed by atoms with E-state index in [1.807, 2.05) is 38.1 Å². The number of nitrogens with zero attached hydrogens (tertiary/aromatic N) is 4. The summed E-state index contributed by atoms with van der Waals surface area (Å²) in [5, 5.41) is 12.5. The number of aromatic amines is 1. The lowest BCUT2D eigenvalue weighted by Crippen LogP contribution is -2.33. The van der Waals surface area contributed by atoms with Crippen LogP contribution in [0.25, 0.3) is 44.9 Å². The number of ether oxygens (including phenoxy) is 1. The minimum absolute atomic E-state index is 0.0293. The van der Waals surface area contributed by atoms with Crippen molar-refractivity contribution in [3.8, 4) is 39.7 Å². The lowest BCUT2D eigenvalue weighted by molar-refractivity contribution is 0.157. The standard InChI is InChI=1S/C30H31N7O2S/c1-5-37(6-2)30(38)39-27-25(20-9-7-18(8-10-20)19-11-14-22(40-4)15-12-19)35-36(3)26(27)29-33-23-16-13-21(28(31)32)17-24(23)34-29/h7-17H,5-6H2,1-4H3,(H3,31,32)(H,33,34). The molecule has 204 valence electrons. The van der Waals surface area contributed by atoms with Gasteiger partial charge < -0.3 is 20.4 Å². The molecule has 0 radical (unpaired) electrons. The van der Waals surface area contributed by atoms with Crippen LogP contribution in [-0.4, -0.2) is 55.9 Å². The van der Waals surface area contributed by atoms with Gasteiger partial charge in [0.2, 0.25) is 0 Å². The summed E-state index contributed by atoms with van der Waals surface area (Å²) >= 11 is 1.71. The number of fused-ring (bicyclic) bond motifs is 1. The molecule has 0 bridgehead atoms. The van der Waals surface area contributed by atoms with Crippen LogP contribution in [0.4, 0.5) is 4.79 Å². The quantitative estimate of drug-likeness (QED) is 0.120. The summed E-state index contributed by atoms with van der Waals surface area (Å²) in [6.07, 6.45) is 1.60. The van der Waals surface area contributed by atoms with Crippen LogP contribution < -0.4 is 10.5 Å². The molecule has 2 heterocycles. The lowest BCUT2D eigenvalue weighted by Gasteiger charge is -2.18. The Balaban J connectivity index is 1.59. The van der Waals surface area contributed by atoms with E-state index < -0.39 is 6.09 Å². The first-order chi connectivity index (χ1) is 19.3. The van der Waals surface area contributed by atoms with Gasteiger partial charge in [-0.25, -0.2) is 9.78 Å². The summed E-state index contributed by atoms with van der Waals surface area (Å²) in [6, 6.07) is 21.8. The highest BCUT2D eigenvalue weighted by Gasteiger charge is 2.27. The third-order valence-corrected chi connectivity index (χ3v) is 7.56. The first kappa shape index (κ1) is 27.0. The fourth-order valence-corrected chi connectivity index (χ4v) is 4.99. The number of imidazole rings is 1. The van der Waals surface area contributed by atoms with E-state index in [9.17, 15) is 4.79 Å². The normalized spacial score (nSPS) is 11.1. The van der Waals surface area contributed by atoms with Crippen LogP contribution in [0, 0.1) is 5.41 Å². The van der Waals surface area contributed by atoms with Crippen molar-refractivity contribution in [1.82, 2.24) is 24.6 Å². The predicted octanol–water partition coefficient (Wildman–Crippen LogP) is 6.14. The van der Waals surface area contributed by atoms with Crippen molar-refractivity contribution in [2.75, 3.05) is 19.3 Å². The van der Waals surface area contributed by atoms with E-state index in [1.165, 1.54) is 4.90 Å². The molecule has 0 saturated carbocycles. The molecule has 2 aromatic heterocycles. The van der Waals surface area contributed by atoms with Crippen molar-refractivity contribution in [3.63, 3.8) is 0 Å². The van der Waals surface area contributed by atoms with E-state index in [1.54, 1.807) is 46.6 Å². The van der Waals surface area contributed by atoms with Crippen molar-refractivity contribution in [2.24, 2.45) is 12.8 Å². The molecule has 10 heteroatoms. The Morgan fingerprint density at radius 2 is 1.65 bits per heavy atom. The smallest absolute Gasteiger partial charge is 0.405 e. The molecule has 5 rings (SSSR count). The van der Waals surface area contributed by atoms with Crippen LogP contribution in [0.1, 0.15) is 19.4 Å². The third-order valence-electron chi connectivity index (χ3n) is 6.81. The lowest BCUT2D eigenvalue weighted by atomic mass is 10.0. The molecule has 3 aromatic carbocycles. The average molecular weight is 554 g/mol. The second-order valence-electron chi connectivity index (χ2n) is 9.23. The first-order valence-electron chi connectivity index (χ1n) is 13.0. The SMILES string of the molecule is CCN(CC)C(=O)Oc1c(-c2ccc(-c3ccc(SC)cc3)cc2)nn(C)c1-c1nc2ccc(C(=N)N)cc2[nH]1. The third kappa shape index (κ3) is 5.17. The van der Waals surface area contributed by atoms with Crippen molar-refractivity contribution < 1.29 is 9.53 Å². The minimum atomic E-state index is -0.457. The number of benzene rings is 3. The second kappa shape index (κ2) is 11.3. The van der Waals surface area contributed by atoms with Crippen molar-refractivity contribution in [1.29, 1.82) is 5.41 Å². The van der Waals surface area contributed by atoms with Crippen LogP contribution >= 0.6 is 11.8 Å². The van der Waals surface area contributed by atoms with Crippen molar-refractivity contribution >= 4 is 34.7 Å². The van der Waals surface area contributed by atoms with Gasteiger partial charge in [-0.1, -0.05) is 36.4 Å². The highest BCUT2D eigenvalue weighted by atomic mass is 32.2. The van der Waals surface area contributed by atoms with Crippen LogP contribution in [-0.2, 0) is 7.05 Å². The van der Waals surface area contributed by atoms with E-state index in [4.69, 9.17) is 26.0 Å². The minimum Gasteiger partial charge on any atom is -0.405 e. The molecule has 0 aliphatic rings. The van der Waals surface area contributed by atoms with E-state index in [-0.39, 0.29) is 5.84 Å². The number of carbonyl (C=O) groups excluding carboxylic acids is 1. The number of hydrogen-bond donors (Lipinski definition) is 3. The molecule has 0 aliphatic heterocycles. The number of carbonyl (C=O) groups is 1. The summed E-state index contributed by atoms with van der Waals surface area (Å²) in [5.41, 5.74) is 11.7. The molecule has 1 amide bonds. The number of amidine groups is 1. The average Bonchev–Trinajstić information content (AvgIpc) is 3.53. The predicted molar refractivity (Wildman–Crippen MR) is 161 cm³/mol. The Bertz CT molecular complexity index is 1680. The number of hydrogen-bond acceptors (Lipinski definition) is 6. The van der Waals surface area contributed by atoms with Gasteiger partial charge in [0.05, 0.1) is 11.0 Å². The highest BCUT2D eigenvalue weighted by Crippen LogP contribution is 2.39. The zero-order chi connectivity index (χ0) is 28.4. The van der Waals surface area contributed by atoms with Gasteiger partial charge in [-0.05, 0) is 61.6 Å². The molecule has 0 aliphatic carbocycles. The monoisotopic (exact) mass is 553 g/mol. The molecule has 40 heavy (non-hydrogen) atoms. The molecule has 0 atom stereocenters. The molecule has 0 unspecified atom stereocenters. The number of rotatable bonds is 8. The maximum atomic E-state index is 13.1. The number of aryl methyl sites for hydroxylation is 1. The van der Waals surface area contributed by atoms with E-state index >= 15 is 0 Å². The number of thioether (sulfide) groups is 1. The molecular weight excluding hydrogens is 522 g/mol. The first-order valence-corrected chi connectivity index (χ1v) is 14.2. The molecular formula is C30H31N7O2S. The van der Waals surface area contributed by atoms with Gasteiger partial charge >= 0.3 is 6.09 Å². The fourth-order valence-electron chi connectivity index (χ4n) is 4.58. The molecule has 0 spiro atoms. The van der Waals surface area contributed by atoms with E-state index in [0.717, 1.165) is 16.7 Å². The van der Waals surface area contributed by atoms with Gasteiger partial charge in [-0.15, -0.1) is 11.8 Å². The zero-order valence-electron chi connectivity index (χ0n) is 22.9. The van der Waals surface area contributed by atoms with E-state index in [2.05, 4.69) is 35.5 Å². The zero-order valence-corrected chi connectivity index (χ0v) is 23.7. The summed E-state index contributed by atoms with van der Waals surface area (Å²) < 4.78 is 7.70. The molecule has 0 saturated heterocycles. The molecule has 5 aromatic rings. The highest BCUT2D eigenvalue weighted by molar-refractivity contribution is 7.98. The Labute approximate surface area is 236 Å². The summed E-state index contributed by atoms with van der Waals surface area (Å²) in [5.74, 6) is 0.783. The number of nitrogens with one attached hydrogen (secondary N) is 2. The fraction of sp³-hybridized carbons (Fsp3) is 0.200. The Morgan fingerprint density at radius 3 is 2.25 bits per heavy atom. The van der Waals surface area contributed by atoms with E-state index in [0.29, 0.717) is 52.6 Å². The van der Waals surface area contributed by atoms with Crippen molar-refractivity contribution in [2.45, 2.75) is 18.7 Å². The largest absolute Gasteiger partial charge is 0.415 e. The number of aromatic nitrogens is 4. The summed E-state index contributed by atoms with van der Waals surface area (Å²) in [4.78, 5) is 24.0. The molecule has 4 N–H and O–H groups in total. The number of nitrogen functional groups attached to an aromatic ring is 1. The van der Waals surface area contributed by atoms with Crippen molar-refractivity contribution in [3.05, 3.63) is 72.3 Å². The molecule has 9 nitrogen and oxygen atoms in total. The van der Waals surface area contributed by atoms with Gasteiger partial charge in [0.15, 0.2) is 11.6 Å². The topological polar surface area (TPSA) is 126 Å². The van der Waals surface area contributed by atoms with Gasteiger partial charge in [-0.2, -0.15) is 5.10 Å². The number of nitrogens with two attached hydrogens (primary N) is 1. The Morgan fingerprint density at radius 1 is 1.02 bits per heavy atom. The maximum absolute atomic E-state index is 13.1. The van der Waals surface area contributed by atoms with Gasteiger partial charge in [0.25, 0.3) is 0 Å². The van der Waals surface area contributed by atoms with Crippen LogP contribution in [0.5, 0.6) is 5.75 Å². The van der Waals surface area contributed by atoms with Crippen LogP contribution in [0.15, 0.2) is 71.6 Å². The molecule has 0 fully saturated rings. The Kier molecular flexibility index (Phi) is 7.61. The van der Waals surface area contributed by atoms with Gasteiger partial charge in [0, 0.05) is 36.2 Å². The van der Waals surface area contributed by atoms with Gasteiger partial charge in [0.1, 0.15) is 17.2 Å². The summed E-state index contributed by atoms with van der Waals surface area (Å²) in [7, 11) is 1.80. The van der Waals surface area contributed by atoms with Gasteiger partial charge in [-0.3, -0.25) is 10.1 Å². The summed E-state index contributed by atoms with van der Waals surface area (Å²) in [6.45, 7) is 4.85. The maximum Gasteiger partial charge on any atom is 0.415 e. The van der Waals surface area contributed by atoms with Crippen LogP contribution in [0.3, 0.4) is 0 Å². The second-order valence-corrected chi connectivity index (χ2v) is 10.1. The Hall–Kier alpha value is -4.57. The number of amides is 1. The van der Waals surface area contributed by atoms with Crippen LogP contribution in [0.2, 0.25) is 0 Å². The number of H-pyrrole nitrogens is 1.